The van der Waals surface area contributed by atoms with Crippen LogP contribution in [0.3, 0.4) is 0 Å². The van der Waals surface area contributed by atoms with Crippen molar-refractivity contribution in [3.8, 4) is 0 Å². The zero-order valence-electron chi connectivity index (χ0n) is 24.2. The summed E-state index contributed by atoms with van der Waals surface area (Å²) < 4.78 is 28.3. The van der Waals surface area contributed by atoms with E-state index < -0.39 is 27.6 Å². The number of carbonyl (C=O) groups is 2. The average molecular weight is 635 g/mol. The molecule has 0 heterocycles. The van der Waals surface area contributed by atoms with Gasteiger partial charge in [0.15, 0.2) is 0 Å². The molecule has 0 aliphatic rings. The first-order valence-corrected chi connectivity index (χ1v) is 15.2. The van der Waals surface area contributed by atoms with Gasteiger partial charge in [0.2, 0.25) is 0 Å². The largest absolute Gasteiger partial charge is 2.00 e. The number of hydrogen-bond acceptors (Lipinski definition) is 12. The Balaban J connectivity index is -0.0000000775. The van der Waals surface area contributed by atoms with Crippen molar-refractivity contribution < 1.29 is 57.6 Å². The average Bonchev–Trinajstić information content (AvgIpc) is 2.70. The van der Waals surface area contributed by atoms with E-state index in [-0.39, 0.29) is 82.4 Å². The van der Waals surface area contributed by atoms with Gasteiger partial charge in [-0.2, -0.15) is 0 Å². The van der Waals surface area contributed by atoms with E-state index in [1.165, 1.54) is 51.4 Å². The summed E-state index contributed by atoms with van der Waals surface area (Å²) in [6.45, 7) is 6.35. The maximum absolute atomic E-state index is 10.1. The molecular formula is C22H44Mg3O12P2. The molecule has 0 unspecified atom stereocenters. The van der Waals surface area contributed by atoms with Crippen molar-refractivity contribution in [1.82, 2.24) is 0 Å². The van der Waals surface area contributed by atoms with Crippen LogP contribution in [0.25, 0.3) is 0 Å². The Kier molecular flexibility index (Phi) is 60.0. The smallest absolute Gasteiger partial charge is 0.790 e. The van der Waals surface area contributed by atoms with E-state index in [1.54, 1.807) is 0 Å². The molecule has 0 rings (SSSR count). The monoisotopic (exact) mass is 634 g/mol. The first kappa shape index (κ1) is 56.3. The fourth-order valence-corrected chi connectivity index (χ4v) is 3.18. The van der Waals surface area contributed by atoms with E-state index in [0.717, 1.165) is 39.5 Å². The van der Waals surface area contributed by atoms with Crippen molar-refractivity contribution in [2.75, 3.05) is 13.2 Å². The van der Waals surface area contributed by atoms with E-state index >= 15 is 0 Å². The Labute approximate surface area is 283 Å². The number of hydrogen-bond donors (Lipinski definition) is 0. The van der Waals surface area contributed by atoms with Crippen LogP contribution in [-0.4, -0.2) is 94.3 Å². The third-order valence-electron chi connectivity index (χ3n) is 3.99. The SMILES string of the molecule is CC(=O)[O-].CC(=O)[O-].CCCCCCCCCOP(=O)([O-])[O-].CCCCCCCCCOP(=O)([O-])[O-].[Mg+2].[Mg+2].[Mg+2]. The standard InChI is InChI=1S/2C9H21O4P.2C2H4O2.3Mg/c2*1-2-3-4-5-6-7-8-9-13-14(10,11)12;2*1-2(3)4;;;/h2*2-9H2,1H3,(H2,10,11,12);2*1H3,(H,3,4);;;/q;;;;3*+2/p-6. The molecule has 0 atom stereocenters. The second-order valence-corrected chi connectivity index (χ2v) is 10.1. The normalized spacial score (nSPS) is 9.85. The number of carboxylic acids is 2. The van der Waals surface area contributed by atoms with Crippen LogP contribution in [0.5, 0.6) is 0 Å². The molecule has 0 aromatic heterocycles. The van der Waals surface area contributed by atoms with Crippen molar-refractivity contribution in [3.05, 3.63) is 0 Å². The van der Waals surface area contributed by atoms with Crippen LogP contribution >= 0.6 is 15.6 Å². The fraction of sp³-hybridized carbons (Fsp3) is 0.909. The van der Waals surface area contributed by atoms with Crippen LogP contribution in [-0.2, 0) is 27.8 Å². The summed E-state index contributed by atoms with van der Waals surface area (Å²) >= 11 is 0. The summed E-state index contributed by atoms with van der Waals surface area (Å²) in [6, 6.07) is 0. The zero-order valence-corrected chi connectivity index (χ0v) is 30.3. The van der Waals surface area contributed by atoms with E-state index in [9.17, 15) is 28.7 Å². The molecule has 0 bridgehead atoms. The van der Waals surface area contributed by atoms with Crippen molar-refractivity contribution >= 4 is 96.7 Å². The molecule has 0 saturated heterocycles. The topological polar surface area (TPSA) is 225 Å². The second kappa shape index (κ2) is 41.6. The van der Waals surface area contributed by atoms with Gasteiger partial charge in [0.1, 0.15) is 0 Å². The molecule has 0 aliphatic heterocycles. The van der Waals surface area contributed by atoms with Gasteiger partial charge in [-0.15, -0.1) is 0 Å². The fourth-order valence-electron chi connectivity index (χ4n) is 2.47. The number of rotatable bonds is 18. The molecule has 220 valence electrons. The summed E-state index contributed by atoms with van der Waals surface area (Å²) in [5.41, 5.74) is 0. The maximum Gasteiger partial charge on any atom is 2.00 e. The molecule has 39 heavy (non-hydrogen) atoms. The van der Waals surface area contributed by atoms with Crippen LogP contribution in [0.15, 0.2) is 0 Å². The minimum atomic E-state index is -4.73. The summed E-state index contributed by atoms with van der Waals surface area (Å²) in [5.74, 6) is -2.17. The summed E-state index contributed by atoms with van der Waals surface area (Å²) in [6.07, 6.45) is 15.1. The Morgan fingerprint density at radius 3 is 0.872 bits per heavy atom. The van der Waals surface area contributed by atoms with Crippen molar-refractivity contribution in [2.24, 2.45) is 0 Å². The molecule has 12 nitrogen and oxygen atoms in total. The maximum atomic E-state index is 10.1. The number of phosphoric ester groups is 2. The predicted molar refractivity (Wildman–Crippen MR) is 142 cm³/mol. The zero-order chi connectivity index (χ0) is 28.9. The number of phosphoric acid groups is 2. The van der Waals surface area contributed by atoms with Gasteiger partial charge in [-0.3, -0.25) is 0 Å². The van der Waals surface area contributed by atoms with E-state index in [2.05, 4.69) is 22.9 Å². The van der Waals surface area contributed by atoms with Gasteiger partial charge < -0.3 is 57.6 Å². The van der Waals surface area contributed by atoms with Gasteiger partial charge >= 0.3 is 69.2 Å². The van der Waals surface area contributed by atoms with Crippen LogP contribution in [0.4, 0.5) is 0 Å². The van der Waals surface area contributed by atoms with Crippen molar-refractivity contribution in [3.63, 3.8) is 0 Å². The summed E-state index contributed by atoms with van der Waals surface area (Å²) in [7, 11) is -9.46. The molecule has 0 radical (unpaired) electrons. The molecule has 0 aromatic carbocycles. The van der Waals surface area contributed by atoms with Crippen LogP contribution in [0.1, 0.15) is 118 Å². The molecule has 0 aliphatic carbocycles. The predicted octanol–water partition coefficient (Wildman–Crippen LogP) is -0.465. The Morgan fingerprint density at radius 1 is 0.513 bits per heavy atom. The molecule has 0 fully saturated rings. The van der Waals surface area contributed by atoms with Gasteiger partial charge in [0, 0.05) is 11.9 Å². The minimum absolute atomic E-state index is 0. The summed E-state index contributed by atoms with van der Waals surface area (Å²) in [5, 5.41) is 17.8. The van der Waals surface area contributed by atoms with Crippen LogP contribution in [0.2, 0.25) is 0 Å². The summed E-state index contributed by atoms with van der Waals surface area (Å²) in [4.78, 5) is 58.0. The first-order valence-electron chi connectivity index (χ1n) is 12.3. The number of carboxylic acid groups (broad SMARTS) is 2. The molecular weight excluding hydrogens is 591 g/mol. The van der Waals surface area contributed by atoms with E-state index in [4.69, 9.17) is 19.8 Å². The Bertz CT molecular complexity index is 533. The van der Waals surface area contributed by atoms with Crippen molar-refractivity contribution in [2.45, 2.75) is 118 Å². The van der Waals surface area contributed by atoms with Gasteiger partial charge in [0.05, 0.1) is 28.9 Å². The van der Waals surface area contributed by atoms with E-state index in [1.807, 2.05) is 0 Å². The van der Waals surface area contributed by atoms with Gasteiger partial charge in [-0.05, 0) is 26.7 Å². The third kappa shape index (κ3) is 101. The Hall–Kier alpha value is 1.46. The van der Waals surface area contributed by atoms with Crippen molar-refractivity contribution in [1.29, 1.82) is 0 Å². The minimum Gasteiger partial charge on any atom is -0.790 e. The number of carbonyl (C=O) groups excluding carboxylic acids is 2. The molecule has 17 heteroatoms. The van der Waals surface area contributed by atoms with E-state index in [0.29, 0.717) is 12.8 Å². The van der Waals surface area contributed by atoms with Gasteiger partial charge in [-0.25, -0.2) is 0 Å². The van der Waals surface area contributed by atoms with Gasteiger partial charge in [0.25, 0.3) is 0 Å². The first-order chi connectivity index (χ1) is 16.6. The van der Waals surface area contributed by atoms with Crippen LogP contribution < -0.4 is 29.8 Å². The molecule has 0 N–H and O–H groups in total. The Morgan fingerprint density at radius 2 is 0.692 bits per heavy atom. The molecule has 0 amide bonds. The number of aliphatic carboxylic acids is 2. The second-order valence-electron chi connectivity index (χ2n) is 7.79. The van der Waals surface area contributed by atoms with Gasteiger partial charge in [-0.1, -0.05) is 90.9 Å². The quantitative estimate of drug-likeness (QED) is 0.106. The van der Waals surface area contributed by atoms with Crippen LogP contribution in [0, 0.1) is 0 Å². The number of unbranched alkanes of at least 4 members (excludes halogenated alkanes) is 12. The molecule has 0 saturated carbocycles. The third-order valence-corrected chi connectivity index (χ3v) is 4.99. The molecule has 0 aromatic rings. The molecule has 0 spiro atoms.